The van der Waals surface area contributed by atoms with E-state index >= 15 is 0 Å². The van der Waals surface area contributed by atoms with Crippen LogP contribution in [-0.2, 0) is 71.5 Å². The third-order valence-corrected chi connectivity index (χ3v) is 15.3. The molecule has 0 saturated carbocycles. The van der Waals surface area contributed by atoms with Crippen LogP contribution in [0.25, 0.3) is 10.4 Å². The predicted octanol–water partition coefficient (Wildman–Crippen LogP) is 2.77. The molecule has 2 aliphatic rings. The van der Waals surface area contributed by atoms with Gasteiger partial charge in [0.2, 0.25) is 29.5 Å². The topological polar surface area (TPSA) is 410 Å². The minimum Gasteiger partial charge on any atom is -0.492 e. The average Bonchev–Trinajstić information content (AvgIpc) is 0.981. The number of carbonyl (C=O) groups excluding carboxylic acids is 9. The summed E-state index contributed by atoms with van der Waals surface area (Å²) in [5, 5.41) is 44.0. The molecule has 30 nitrogen and oxygen atoms in total. The molecule has 30 heteroatoms. The van der Waals surface area contributed by atoms with Gasteiger partial charge in [-0.25, -0.2) is 0 Å². The molecule has 0 radical (unpaired) electrons. The monoisotopic (exact) mass is 1320 g/mol. The first-order chi connectivity index (χ1) is 44.8. The maximum absolute atomic E-state index is 13.5. The quantitative estimate of drug-likeness (QED) is 0.0196. The van der Waals surface area contributed by atoms with E-state index in [0.29, 0.717) is 91.0 Å². The number of rotatable bonds is 51. The Labute approximate surface area is 545 Å². The number of benzene rings is 1. The molecular weight excluding hydrogens is 1220 g/mol. The van der Waals surface area contributed by atoms with Crippen LogP contribution in [0, 0.1) is 11.8 Å². The van der Waals surface area contributed by atoms with Crippen LogP contribution < -0.4 is 42.0 Å². The van der Waals surface area contributed by atoms with Gasteiger partial charge in [-0.2, -0.15) is 0 Å². The normalized spacial score (nSPS) is 20.9. The number of unbranched alkanes of at least 4 members (excludes halogenated alkanes) is 2. The number of hydrogen-bond acceptors (Lipinski definition) is 21. The summed E-state index contributed by atoms with van der Waals surface area (Å²) in [5.74, 6) is -3.08. The lowest BCUT2D eigenvalue weighted by atomic mass is 9.87. The zero-order valence-corrected chi connectivity index (χ0v) is 55.2. The smallest absolute Gasteiger partial charge is 0.251 e. The average molecular weight is 1320 g/mol. The van der Waals surface area contributed by atoms with Crippen LogP contribution in [0.4, 0.5) is 0 Å². The zero-order chi connectivity index (χ0) is 68.2. The van der Waals surface area contributed by atoms with Crippen LogP contribution in [0.1, 0.15) is 159 Å². The first kappa shape index (κ1) is 80.8. The molecule has 10 unspecified atom stereocenters. The van der Waals surface area contributed by atoms with E-state index in [9.17, 15) is 53.4 Å². The summed E-state index contributed by atoms with van der Waals surface area (Å²) >= 11 is 0. The predicted molar refractivity (Wildman–Crippen MR) is 338 cm³/mol. The van der Waals surface area contributed by atoms with Crippen LogP contribution in [0.2, 0.25) is 0 Å². The molecule has 0 bridgehead atoms. The van der Waals surface area contributed by atoms with Gasteiger partial charge >= 0.3 is 0 Å². The Morgan fingerprint density at radius 3 is 1.34 bits per heavy atom. The van der Waals surface area contributed by atoms with Gasteiger partial charge in [0.05, 0.1) is 95.9 Å². The van der Waals surface area contributed by atoms with E-state index in [-0.39, 0.29) is 187 Å². The van der Waals surface area contributed by atoms with Crippen LogP contribution in [0.3, 0.4) is 0 Å². The van der Waals surface area contributed by atoms with E-state index in [0.717, 1.165) is 0 Å². The molecule has 9 N–H and O–H groups in total. The lowest BCUT2D eigenvalue weighted by Crippen LogP contribution is -2.60. The summed E-state index contributed by atoms with van der Waals surface area (Å²) < 4.78 is 51.3. The number of aliphatic hydroxyl groups is 2. The van der Waals surface area contributed by atoms with Crippen molar-refractivity contribution in [2.45, 2.75) is 187 Å². The number of Topliss-reactive ketones (excluding diaryl/α,β-unsaturated/α-hetero) is 2. The Bertz CT molecular complexity index is 2350. The number of amides is 7. The summed E-state index contributed by atoms with van der Waals surface area (Å²) in [6.07, 6.45) is 1.13. The molecule has 7 amide bonds. The van der Waals surface area contributed by atoms with Gasteiger partial charge in [0.1, 0.15) is 23.9 Å². The molecule has 2 fully saturated rings. The number of nitrogens with one attached hydrogen (secondary N) is 7. The minimum atomic E-state index is -0.750. The van der Waals surface area contributed by atoms with Gasteiger partial charge in [0, 0.05) is 133 Å². The zero-order valence-electron chi connectivity index (χ0n) is 55.2. The van der Waals surface area contributed by atoms with Crippen molar-refractivity contribution in [3.8, 4) is 5.75 Å². The lowest BCUT2D eigenvalue weighted by molar-refractivity contribution is -0.251. The summed E-state index contributed by atoms with van der Waals surface area (Å²) in [6, 6.07) is 3.15. The maximum Gasteiger partial charge on any atom is 0.251 e. The number of azide groups is 1. The second-order valence-electron chi connectivity index (χ2n) is 22.8. The van der Waals surface area contributed by atoms with Crippen molar-refractivity contribution in [3.05, 3.63) is 39.8 Å². The third-order valence-electron chi connectivity index (χ3n) is 15.3. The number of carbonyl (C=O) groups is 9. The lowest BCUT2D eigenvalue weighted by Gasteiger charge is -2.43. The summed E-state index contributed by atoms with van der Waals surface area (Å²) in [7, 11) is 0. The van der Waals surface area contributed by atoms with E-state index in [1.165, 1.54) is 32.0 Å². The van der Waals surface area contributed by atoms with Crippen LogP contribution >= 0.6 is 0 Å². The number of hydrogen-bond donors (Lipinski definition) is 9. The fraction of sp³-hybridized carbons (Fsp3) is 0.762. The molecule has 0 spiro atoms. The van der Waals surface area contributed by atoms with Gasteiger partial charge in [-0.3, -0.25) is 43.2 Å². The molecule has 0 aromatic heterocycles. The standard InChI is InChI=1S/C63H104N10O20/c1-7-51-58(81)42(3)56(71-44(5)74)62(92-51)90-28-11-9-17-53(78)65-22-13-15-48(76)19-24-68-60(83)46-39-47(41-50(40-46)89-32-26-67-55(80)21-30-85-33-35-87-37-38-88-36-34-86-31-27-70-73-64)61(84)69-25-20-49(77)16-14-23-66-54(79)18-10-12-29-91-63-57(72-45(6)75)43(4)59(82)52(8-2)93-63/h39-43,51-52,56-59,62-63,81-82H,7-38H2,1-6H3,(H,65,78)(H,66,79)(H,67,80)(H,68,83)(H,69,84)(H,71,74)(H,72,75). The number of nitrogens with zero attached hydrogens (tertiary/aromatic N) is 3. The van der Waals surface area contributed by atoms with E-state index in [1.807, 2.05) is 27.7 Å². The Morgan fingerprint density at radius 2 is 0.914 bits per heavy atom. The fourth-order valence-corrected chi connectivity index (χ4v) is 10.0. The Balaban J connectivity index is 1.40. The first-order valence-corrected chi connectivity index (χ1v) is 32.7. The van der Waals surface area contributed by atoms with Gasteiger partial charge in [-0.1, -0.05) is 32.8 Å². The third kappa shape index (κ3) is 34.5. The highest BCUT2D eigenvalue weighted by atomic mass is 16.7. The van der Waals surface area contributed by atoms with E-state index < -0.39 is 60.9 Å². The second kappa shape index (κ2) is 48.3. The van der Waals surface area contributed by atoms with Gasteiger partial charge in [-0.05, 0) is 75.1 Å². The van der Waals surface area contributed by atoms with Crippen molar-refractivity contribution < 1.29 is 96.0 Å². The molecule has 1 aromatic carbocycles. The first-order valence-electron chi connectivity index (χ1n) is 32.7. The molecule has 93 heavy (non-hydrogen) atoms. The molecule has 0 aliphatic carbocycles. The minimum absolute atomic E-state index is 0.00677. The fourth-order valence-electron chi connectivity index (χ4n) is 10.0. The van der Waals surface area contributed by atoms with Crippen molar-refractivity contribution in [2.24, 2.45) is 17.0 Å². The van der Waals surface area contributed by atoms with Crippen molar-refractivity contribution in [1.29, 1.82) is 0 Å². The largest absolute Gasteiger partial charge is 0.492 e. The van der Waals surface area contributed by atoms with Crippen LogP contribution in [0.15, 0.2) is 23.3 Å². The van der Waals surface area contributed by atoms with Crippen molar-refractivity contribution >= 4 is 52.9 Å². The van der Waals surface area contributed by atoms with Crippen molar-refractivity contribution in [1.82, 2.24) is 37.2 Å². The molecule has 1 aromatic rings. The molecule has 10 atom stereocenters. The number of ketones is 2. The van der Waals surface area contributed by atoms with E-state index in [2.05, 4.69) is 47.2 Å². The van der Waals surface area contributed by atoms with Crippen LogP contribution in [0.5, 0.6) is 5.75 Å². The number of ether oxygens (including phenoxy) is 9. The molecule has 2 saturated heterocycles. The van der Waals surface area contributed by atoms with Gasteiger partial charge in [0.25, 0.3) is 11.8 Å². The summed E-state index contributed by atoms with van der Waals surface area (Å²) in [5.41, 5.74) is 8.36. The van der Waals surface area contributed by atoms with Crippen LogP contribution in [-0.4, -0.2) is 224 Å². The molecule has 2 aliphatic heterocycles. The SMILES string of the molecule is CCC1OC(OCCCCC(=O)NCCCC(=O)CCNC(=O)c2cc(OCCNC(=O)CCOCCOCCOCCOCCN=[N+]=[N-])cc(C(=O)NCCC(=O)CCCNC(=O)CCCCOC3OC(CC)C(O)C(C)C3NC(C)=O)c2)C(NC(C)=O)C(C)C1O. The van der Waals surface area contributed by atoms with Gasteiger partial charge < -0.3 is 90.1 Å². The van der Waals surface area contributed by atoms with Crippen molar-refractivity contribution in [3.63, 3.8) is 0 Å². The number of aliphatic hydroxyl groups excluding tert-OH is 2. The Hall–Kier alpha value is -6.44. The maximum atomic E-state index is 13.5. The van der Waals surface area contributed by atoms with E-state index in [1.54, 1.807) is 0 Å². The summed E-state index contributed by atoms with van der Waals surface area (Å²) in [4.78, 5) is 116. The van der Waals surface area contributed by atoms with E-state index in [4.69, 9.17) is 48.2 Å². The second-order valence-corrected chi connectivity index (χ2v) is 22.8. The highest BCUT2D eigenvalue weighted by Crippen LogP contribution is 2.30. The summed E-state index contributed by atoms with van der Waals surface area (Å²) in [6.45, 7) is 14.1. The highest BCUT2D eigenvalue weighted by Gasteiger charge is 2.44. The van der Waals surface area contributed by atoms with Gasteiger partial charge in [0.15, 0.2) is 12.6 Å². The molecular formula is C63H104N10O20. The molecule has 526 valence electrons. The Morgan fingerprint density at radius 1 is 0.495 bits per heavy atom. The van der Waals surface area contributed by atoms with Gasteiger partial charge in [-0.15, -0.1) is 0 Å². The van der Waals surface area contributed by atoms with Crippen molar-refractivity contribution in [2.75, 3.05) is 112 Å². The Kier molecular flexibility index (Phi) is 42.0. The molecule has 3 rings (SSSR count). The molecule has 2 heterocycles. The highest BCUT2D eigenvalue weighted by molar-refractivity contribution is 6.00.